The molecule has 2 heterocycles. The maximum absolute atomic E-state index is 6.07. The van der Waals surface area contributed by atoms with Gasteiger partial charge in [-0.2, -0.15) is 0 Å². The zero-order valence-electron chi connectivity index (χ0n) is 11.3. The summed E-state index contributed by atoms with van der Waals surface area (Å²) >= 11 is 0. The van der Waals surface area contributed by atoms with Crippen molar-refractivity contribution in [1.29, 1.82) is 0 Å². The summed E-state index contributed by atoms with van der Waals surface area (Å²) < 4.78 is 2.12. The number of nitrogen functional groups attached to an aromatic ring is 1. The molecule has 0 amide bonds. The molecule has 0 fully saturated rings. The summed E-state index contributed by atoms with van der Waals surface area (Å²) in [5.74, 6) is 0.596. The second-order valence-corrected chi connectivity index (χ2v) is 4.77. The van der Waals surface area contributed by atoms with Crippen molar-refractivity contribution >= 4 is 17.1 Å². The van der Waals surface area contributed by atoms with Crippen molar-refractivity contribution in [3.63, 3.8) is 0 Å². The smallest absolute Gasteiger partial charge is 0.202 e. The molecule has 0 bridgehead atoms. The van der Waals surface area contributed by atoms with Gasteiger partial charge in [0.2, 0.25) is 5.95 Å². The Morgan fingerprint density at radius 3 is 2.83 bits per heavy atom. The predicted molar refractivity (Wildman–Crippen MR) is 75.4 cm³/mol. The first-order valence-electron chi connectivity index (χ1n) is 6.86. The number of fused-ring (bicyclic) bond motifs is 1. The fourth-order valence-corrected chi connectivity index (χ4v) is 2.48. The molecule has 0 aliphatic rings. The Hall–Kier alpha value is -1.58. The number of imidazole rings is 1. The van der Waals surface area contributed by atoms with Crippen molar-refractivity contribution in [3.8, 4) is 0 Å². The number of hydrogen-bond donors (Lipinski definition) is 1. The lowest BCUT2D eigenvalue weighted by molar-refractivity contribution is 0.428. The van der Waals surface area contributed by atoms with Crippen LogP contribution in [0.5, 0.6) is 0 Å². The normalized spacial score (nSPS) is 13.0. The first kappa shape index (κ1) is 12.9. The van der Waals surface area contributed by atoms with Crippen LogP contribution in [0.1, 0.15) is 52.0 Å². The van der Waals surface area contributed by atoms with E-state index in [1.165, 1.54) is 12.8 Å². The van der Waals surface area contributed by atoms with Gasteiger partial charge in [-0.15, -0.1) is 0 Å². The summed E-state index contributed by atoms with van der Waals surface area (Å²) in [7, 11) is 0. The average Bonchev–Trinajstić information content (AvgIpc) is 2.70. The highest BCUT2D eigenvalue weighted by molar-refractivity contribution is 5.73. The van der Waals surface area contributed by atoms with E-state index >= 15 is 0 Å². The van der Waals surface area contributed by atoms with Gasteiger partial charge in [-0.3, -0.25) is 4.57 Å². The number of pyridine rings is 1. The van der Waals surface area contributed by atoms with Gasteiger partial charge >= 0.3 is 0 Å². The molecule has 0 aliphatic carbocycles. The number of aromatic nitrogens is 3. The first-order chi connectivity index (χ1) is 8.77. The summed E-state index contributed by atoms with van der Waals surface area (Å²) in [6.45, 7) is 4.43. The third-order valence-electron chi connectivity index (χ3n) is 3.35. The summed E-state index contributed by atoms with van der Waals surface area (Å²) in [5, 5.41) is 0. The van der Waals surface area contributed by atoms with E-state index in [1.807, 2.05) is 18.3 Å². The van der Waals surface area contributed by atoms with Crippen LogP contribution in [0.4, 0.5) is 5.95 Å². The predicted octanol–water partition coefficient (Wildman–Crippen LogP) is 3.54. The van der Waals surface area contributed by atoms with Crippen molar-refractivity contribution in [2.45, 2.75) is 52.0 Å². The second kappa shape index (κ2) is 5.85. The van der Waals surface area contributed by atoms with E-state index in [-0.39, 0.29) is 0 Å². The standard InChI is InChI=1S/C14H22N4/c1-3-5-8-11(7-4-2)18-13-12(17-14(18)15)9-6-10-16-13/h6,9-11H,3-5,7-8H2,1-2H3,(H2,15,17). The van der Waals surface area contributed by atoms with Gasteiger partial charge in [0.1, 0.15) is 5.52 Å². The Morgan fingerprint density at radius 1 is 1.28 bits per heavy atom. The largest absolute Gasteiger partial charge is 0.369 e. The van der Waals surface area contributed by atoms with Crippen LogP contribution in [0, 0.1) is 0 Å². The van der Waals surface area contributed by atoms with Gasteiger partial charge in [0.25, 0.3) is 0 Å². The highest BCUT2D eigenvalue weighted by atomic mass is 15.2. The Morgan fingerprint density at radius 2 is 2.11 bits per heavy atom. The Bertz CT molecular complexity index is 503. The van der Waals surface area contributed by atoms with E-state index < -0.39 is 0 Å². The van der Waals surface area contributed by atoms with Gasteiger partial charge in [0.05, 0.1) is 0 Å². The minimum atomic E-state index is 0.426. The quantitative estimate of drug-likeness (QED) is 0.848. The minimum absolute atomic E-state index is 0.426. The highest BCUT2D eigenvalue weighted by Gasteiger charge is 2.17. The zero-order chi connectivity index (χ0) is 13.0. The molecular formula is C14H22N4. The molecule has 2 aromatic rings. The Kier molecular flexibility index (Phi) is 4.18. The lowest BCUT2D eigenvalue weighted by Crippen LogP contribution is -2.12. The van der Waals surface area contributed by atoms with E-state index in [1.54, 1.807) is 0 Å². The molecule has 1 atom stereocenters. The monoisotopic (exact) mass is 246 g/mol. The summed E-state index contributed by atoms with van der Waals surface area (Å²) in [6, 6.07) is 4.30. The third-order valence-corrected chi connectivity index (χ3v) is 3.35. The number of rotatable bonds is 6. The van der Waals surface area contributed by atoms with E-state index in [0.29, 0.717) is 12.0 Å². The number of anilines is 1. The van der Waals surface area contributed by atoms with Gasteiger partial charge in [-0.25, -0.2) is 9.97 Å². The molecule has 0 saturated carbocycles. The van der Waals surface area contributed by atoms with Gasteiger partial charge in [-0.05, 0) is 25.0 Å². The molecular weight excluding hydrogens is 224 g/mol. The Labute approximate surface area is 108 Å². The van der Waals surface area contributed by atoms with Crippen molar-refractivity contribution in [1.82, 2.24) is 14.5 Å². The second-order valence-electron chi connectivity index (χ2n) is 4.77. The minimum Gasteiger partial charge on any atom is -0.369 e. The van der Waals surface area contributed by atoms with Crippen LogP contribution in [0.2, 0.25) is 0 Å². The maximum atomic E-state index is 6.07. The molecule has 2 N–H and O–H groups in total. The molecule has 1 unspecified atom stereocenters. The van der Waals surface area contributed by atoms with Crippen LogP contribution < -0.4 is 5.73 Å². The van der Waals surface area contributed by atoms with E-state index in [2.05, 4.69) is 28.4 Å². The molecule has 0 radical (unpaired) electrons. The third kappa shape index (κ3) is 2.47. The lowest BCUT2D eigenvalue weighted by Gasteiger charge is -2.19. The number of nitrogens with zero attached hydrogens (tertiary/aromatic N) is 3. The molecule has 0 saturated heterocycles. The van der Waals surface area contributed by atoms with E-state index in [0.717, 1.165) is 30.4 Å². The van der Waals surface area contributed by atoms with Crippen LogP contribution in [-0.2, 0) is 0 Å². The van der Waals surface area contributed by atoms with Crippen LogP contribution in [0.3, 0.4) is 0 Å². The molecule has 98 valence electrons. The number of hydrogen-bond acceptors (Lipinski definition) is 3. The Balaban J connectivity index is 2.39. The van der Waals surface area contributed by atoms with Crippen LogP contribution >= 0.6 is 0 Å². The molecule has 18 heavy (non-hydrogen) atoms. The van der Waals surface area contributed by atoms with Crippen molar-refractivity contribution in [2.75, 3.05) is 5.73 Å². The number of nitrogens with two attached hydrogens (primary N) is 1. The van der Waals surface area contributed by atoms with Crippen molar-refractivity contribution in [2.24, 2.45) is 0 Å². The molecule has 0 spiro atoms. The fraction of sp³-hybridized carbons (Fsp3) is 0.571. The number of unbranched alkanes of at least 4 members (excludes halogenated alkanes) is 1. The molecule has 2 aromatic heterocycles. The van der Waals surface area contributed by atoms with Crippen molar-refractivity contribution in [3.05, 3.63) is 18.3 Å². The van der Waals surface area contributed by atoms with E-state index in [9.17, 15) is 0 Å². The van der Waals surface area contributed by atoms with Crippen LogP contribution in [-0.4, -0.2) is 14.5 Å². The van der Waals surface area contributed by atoms with Gasteiger partial charge in [0.15, 0.2) is 5.65 Å². The maximum Gasteiger partial charge on any atom is 0.202 e. The van der Waals surface area contributed by atoms with Gasteiger partial charge in [0, 0.05) is 12.2 Å². The van der Waals surface area contributed by atoms with E-state index in [4.69, 9.17) is 5.73 Å². The first-order valence-corrected chi connectivity index (χ1v) is 6.86. The van der Waals surface area contributed by atoms with Crippen LogP contribution in [0.15, 0.2) is 18.3 Å². The fourth-order valence-electron chi connectivity index (χ4n) is 2.48. The molecule has 0 aliphatic heterocycles. The topological polar surface area (TPSA) is 56.7 Å². The summed E-state index contributed by atoms with van der Waals surface area (Å²) in [5.41, 5.74) is 7.88. The SMILES string of the molecule is CCCCC(CCC)n1c(N)nc2cccnc21. The molecule has 4 heteroatoms. The summed E-state index contributed by atoms with van der Waals surface area (Å²) in [4.78, 5) is 8.84. The molecule has 0 aromatic carbocycles. The molecule has 4 nitrogen and oxygen atoms in total. The highest BCUT2D eigenvalue weighted by Crippen LogP contribution is 2.27. The van der Waals surface area contributed by atoms with Gasteiger partial charge in [-0.1, -0.05) is 33.1 Å². The zero-order valence-corrected chi connectivity index (χ0v) is 11.3. The molecule has 2 rings (SSSR count). The lowest BCUT2D eigenvalue weighted by atomic mass is 10.0. The average molecular weight is 246 g/mol. The summed E-state index contributed by atoms with van der Waals surface area (Å²) in [6.07, 6.45) is 7.67. The van der Waals surface area contributed by atoms with Gasteiger partial charge < -0.3 is 5.73 Å². The van der Waals surface area contributed by atoms with Crippen molar-refractivity contribution < 1.29 is 0 Å². The van der Waals surface area contributed by atoms with Crippen LogP contribution in [0.25, 0.3) is 11.2 Å².